The van der Waals surface area contributed by atoms with Crippen LogP contribution in [-0.2, 0) is 14.6 Å². The van der Waals surface area contributed by atoms with E-state index in [0.717, 1.165) is 0 Å². The van der Waals surface area contributed by atoms with Gasteiger partial charge in [-0.2, -0.15) is 0 Å². The summed E-state index contributed by atoms with van der Waals surface area (Å²) in [5, 5.41) is 12.0. The van der Waals surface area contributed by atoms with E-state index in [9.17, 15) is 18.3 Å². The van der Waals surface area contributed by atoms with Gasteiger partial charge in [0, 0.05) is 18.8 Å². The molecule has 0 spiro atoms. The Morgan fingerprint density at radius 1 is 1.50 bits per heavy atom. The molecule has 0 bridgehead atoms. The Morgan fingerprint density at radius 3 is 2.71 bits per heavy atom. The summed E-state index contributed by atoms with van der Waals surface area (Å²) in [6.45, 7) is 0.661. The van der Waals surface area contributed by atoms with Gasteiger partial charge >= 0.3 is 0 Å². The van der Waals surface area contributed by atoms with Gasteiger partial charge in [0.05, 0.1) is 12.3 Å². The van der Waals surface area contributed by atoms with Crippen molar-refractivity contribution in [3.8, 4) is 0 Å². The average molecular weight is 221 g/mol. The smallest absolute Gasteiger partial charge is 0.156 e. The summed E-state index contributed by atoms with van der Waals surface area (Å²) < 4.78 is 22.1. The van der Waals surface area contributed by atoms with Gasteiger partial charge in [-0.25, -0.2) is 8.42 Å². The summed E-state index contributed by atoms with van der Waals surface area (Å²) in [5.74, 6) is -0.537. The van der Waals surface area contributed by atoms with Crippen LogP contribution in [-0.4, -0.2) is 38.5 Å². The zero-order chi connectivity index (χ0) is 10.6. The van der Waals surface area contributed by atoms with Crippen molar-refractivity contribution >= 4 is 15.8 Å². The number of carbonyl (C=O) groups is 1. The van der Waals surface area contributed by atoms with Crippen molar-refractivity contribution < 1.29 is 23.6 Å². The second-order valence-electron chi connectivity index (χ2n) is 3.66. The maximum Gasteiger partial charge on any atom is 0.156 e. The average Bonchev–Trinajstić information content (AvgIpc) is 2.39. The lowest BCUT2D eigenvalue weighted by Crippen LogP contribution is -2.90. The Bertz CT molecular complexity index is 298. The molecule has 0 aliphatic carbocycles. The summed E-state index contributed by atoms with van der Waals surface area (Å²) in [4.78, 5) is 10.1. The fourth-order valence-corrected chi connectivity index (χ4v) is 3.39. The molecule has 1 aliphatic heterocycles. The molecule has 1 saturated heterocycles. The standard InChI is InChI=1S/C8H15NO4S/c10-8(11)2-1-4-9-7-3-5-14(12,13)6-7/h7,9H,1-6H2,(H,10,11)/t7-/m1/s1. The number of carboxylic acids is 1. The normalized spacial score (nSPS) is 25.0. The van der Waals surface area contributed by atoms with Crippen LogP contribution in [0.2, 0.25) is 0 Å². The third-order valence-corrected chi connectivity index (χ3v) is 4.15. The molecule has 1 fully saturated rings. The van der Waals surface area contributed by atoms with Crippen molar-refractivity contribution in [2.75, 3.05) is 18.1 Å². The maximum atomic E-state index is 11.1. The number of quaternary nitrogens is 1. The second kappa shape index (κ2) is 4.75. The molecule has 1 rings (SSSR count). The SMILES string of the molecule is O=C([O-])CCC[NH2+][C@@H]1CCS(=O)(=O)C1. The molecule has 1 heterocycles. The first-order valence-electron chi connectivity index (χ1n) is 4.73. The van der Waals surface area contributed by atoms with Gasteiger partial charge in [0.25, 0.3) is 0 Å². The highest BCUT2D eigenvalue weighted by Gasteiger charge is 2.29. The molecule has 1 atom stereocenters. The van der Waals surface area contributed by atoms with Gasteiger partial charge in [-0.15, -0.1) is 0 Å². The molecule has 0 radical (unpaired) electrons. The molecule has 0 amide bonds. The molecule has 1 aliphatic rings. The number of sulfone groups is 1. The number of hydrogen-bond acceptors (Lipinski definition) is 4. The highest BCUT2D eigenvalue weighted by atomic mass is 32.2. The van der Waals surface area contributed by atoms with E-state index >= 15 is 0 Å². The highest BCUT2D eigenvalue weighted by Crippen LogP contribution is 2.07. The molecule has 0 aromatic rings. The van der Waals surface area contributed by atoms with E-state index in [1.54, 1.807) is 0 Å². The first-order valence-corrected chi connectivity index (χ1v) is 6.55. The van der Waals surface area contributed by atoms with Crippen molar-refractivity contribution in [3.63, 3.8) is 0 Å². The molecule has 0 aromatic heterocycles. The Kier molecular flexibility index (Phi) is 3.88. The minimum absolute atomic E-state index is 0.0516. The summed E-state index contributed by atoms with van der Waals surface area (Å²) >= 11 is 0. The Balaban J connectivity index is 2.12. The van der Waals surface area contributed by atoms with E-state index < -0.39 is 15.8 Å². The van der Waals surface area contributed by atoms with Crippen LogP contribution in [0.3, 0.4) is 0 Å². The lowest BCUT2D eigenvalue weighted by Gasteiger charge is -2.07. The maximum absolute atomic E-state index is 11.1. The van der Waals surface area contributed by atoms with Crippen molar-refractivity contribution in [3.05, 3.63) is 0 Å². The fourth-order valence-electron chi connectivity index (χ4n) is 1.61. The topological polar surface area (TPSA) is 90.9 Å². The van der Waals surface area contributed by atoms with Crippen molar-refractivity contribution in [2.45, 2.75) is 25.3 Å². The quantitative estimate of drug-likeness (QED) is 0.510. The van der Waals surface area contributed by atoms with Crippen LogP contribution in [0.5, 0.6) is 0 Å². The fraction of sp³-hybridized carbons (Fsp3) is 0.875. The minimum Gasteiger partial charge on any atom is -0.550 e. The van der Waals surface area contributed by atoms with E-state index in [-0.39, 0.29) is 24.0 Å². The largest absolute Gasteiger partial charge is 0.550 e. The van der Waals surface area contributed by atoms with Gasteiger partial charge in [0.1, 0.15) is 11.8 Å². The number of carbonyl (C=O) groups excluding carboxylic acids is 1. The van der Waals surface area contributed by atoms with Crippen LogP contribution < -0.4 is 10.4 Å². The minimum atomic E-state index is -2.81. The van der Waals surface area contributed by atoms with E-state index in [0.29, 0.717) is 19.4 Å². The monoisotopic (exact) mass is 221 g/mol. The molecular weight excluding hydrogens is 206 g/mol. The van der Waals surface area contributed by atoms with Gasteiger partial charge in [-0.05, 0) is 6.42 Å². The number of hydrogen-bond donors (Lipinski definition) is 1. The van der Waals surface area contributed by atoms with E-state index in [4.69, 9.17) is 0 Å². The third kappa shape index (κ3) is 4.06. The predicted molar refractivity (Wildman–Crippen MR) is 48.1 cm³/mol. The number of nitrogens with two attached hydrogens (primary N) is 1. The Labute approximate surface area is 83.4 Å². The van der Waals surface area contributed by atoms with Gasteiger partial charge in [0.15, 0.2) is 9.84 Å². The van der Waals surface area contributed by atoms with Gasteiger partial charge in [-0.1, -0.05) is 0 Å². The van der Waals surface area contributed by atoms with Crippen LogP contribution in [0, 0.1) is 0 Å². The van der Waals surface area contributed by atoms with Crippen LogP contribution >= 0.6 is 0 Å². The third-order valence-electron chi connectivity index (χ3n) is 2.35. The molecule has 82 valence electrons. The van der Waals surface area contributed by atoms with Gasteiger partial charge in [0.2, 0.25) is 0 Å². The van der Waals surface area contributed by atoms with Crippen molar-refractivity contribution in [2.24, 2.45) is 0 Å². The van der Waals surface area contributed by atoms with Gasteiger partial charge in [-0.3, -0.25) is 0 Å². The number of rotatable bonds is 5. The molecule has 0 unspecified atom stereocenters. The molecule has 5 nitrogen and oxygen atoms in total. The predicted octanol–water partition coefficient (Wildman–Crippen LogP) is -2.73. The van der Waals surface area contributed by atoms with E-state index in [1.807, 2.05) is 5.32 Å². The Morgan fingerprint density at radius 2 is 2.21 bits per heavy atom. The van der Waals surface area contributed by atoms with E-state index in [1.165, 1.54) is 0 Å². The van der Waals surface area contributed by atoms with Crippen LogP contribution in [0.25, 0.3) is 0 Å². The molecular formula is C8H15NO4S. The summed E-state index contributed by atoms with van der Waals surface area (Å²) in [6, 6.07) is 0.127. The first-order chi connectivity index (χ1) is 6.49. The van der Waals surface area contributed by atoms with Crippen LogP contribution in [0.4, 0.5) is 0 Å². The first kappa shape index (κ1) is 11.5. The molecule has 6 heteroatoms. The van der Waals surface area contributed by atoms with Crippen molar-refractivity contribution in [1.82, 2.24) is 0 Å². The molecule has 14 heavy (non-hydrogen) atoms. The Hall–Kier alpha value is -0.620. The molecule has 2 N–H and O–H groups in total. The lowest BCUT2D eigenvalue weighted by atomic mass is 10.2. The molecule has 0 saturated carbocycles. The number of carboxylic acid groups (broad SMARTS) is 1. The number of aliphatic carboxylic acids is 1. The zero-order valence-electron chi connectivity index (χ0n) is 7.94. The van der Waals surface area contributed by atoms with Crippen molar-refractivity contribution in [1.29, 1.82) is 0 Å². The lowest BCUT2D eigenvalue weighted by molar-refractivity contribution is -0.684. The summed E-state index contributed by atoms with van der Waals surface area (Å²) in [7, 11) is -2.81. The highest BCUT2D eigenvalue weighted by molar-refractivity contribution is 7.91. The van der Waals surface area contributed by atoms with Gasteiger partial charge < -0.3 is 15.2 Å². The van der Waals surface area contributed by atoms with Crippen LogP contribution in [0.15, 0.2) is 0 Å². The van der Waals surface area contributed by atoms with E-state index in [2.05, 4.69) is 0 Å². The zero-order valence-corrected chi connectivity index (χ0v) is 8.76. The molecule has 0 aromatic carbocycles. The van der Waals surface area contributed by atoms with Crippen LogP contribution in [0.1, 0.15) is 19.3 Å². The summed E-state index contributed by atoms with van der Waals surface area (Å²) in [5.41, 5.74) is 0. The summed E-state index contributed by atoms with van der Waals surface area (Å²) in [6.07, 6.45) is 1.28. The second-order valence-corrected chi connectivity index (χ2v) is 5.89.